The maximum Gasteiger partial charge on any atom is 0.516 e. The molecule has 0 bridgehead atoms. The van der Waals surface area contributed by atoms with Crippen molar-refractivity contribution in [3.8, 4) is 5.75 Å². The van der Waals surface area contributed by atoms with Crippen LogP contribution in [-0.2, 0) is 20.7 Å². The molecule has 1 rings (SSSR count). The van der Waals surface area contributed by atoms with Crippen LogP contribution in [0.25, 0.3) is 0 Å². The van der Waals surface area contributed by atoms with E-state index in [1.54, 1.807) is 14.0 Å². The molecule has 0 aliphatic heterocycles. The van der Waals surface area contributed by atoms with E-state index in [4.69, 9.17) is 4.74 Å². The summed E-state index contributed by atoms with van der Waals surface area (Å²) in [4.78, 5) is 22.2. The summed E-state index contributed by atoms with van der Waals surface area (Å²) in [5.41, 5.74) is 1.28. The number of aryl methyl sites for hydroxylation is 1. The Kier molecular flexibility index (Phi) is 8.72. The van der Waals surface area contributed by atoms with E-state index in [2.05, 4.69) is 21.6 Å². The monoisotopic (exact) mass is 308 g/mol. The number of esters is 1. The molecule has 5 heteroatoms. The second-order valence-corrected chi connectivity index (χ2v) is 4.92. The quantitative estimate of drug-likeness (QED) is 0.393. The molecule has 0 aromatic heterocycles. The van der Waals surface area contributed by atoms with Crippen LogP contribution < -0.4 is 4.74 Å². The summed E-state index contributed by atoms with van der Waals surface area (Å²) in [7, 11) is 1.65. The normalized spacial score (nSPS) is 10.1. The van der Waals surface area contributed by atoms with Gasteiger partial charge < -0.3 is 14.2 Å². The third kappa shape index (κ3) is 7.67. The number of carbonyl (C=O) groups excluding carboxylic acids is 2. The standard InChI is InChI=1S/C17H24O5/c1-3-21-17(19)22-16(18)9-7-5-4-6-8-14-10-12-15(20-2)13-11-14/h10-13H,3-9H2,1-2H3. The highest BCUT2D eigenvalue weighted by molar-refractivity contribution is 5.81. The molecule has 1 aromatic rings. The minimum absolute atomic E-state index is 0.206. The first-order valence-corrected chi connectivity index (χ1v) is 7.66. The fourth-order valence-corrected chi connectivity index (χ4v) is 2.04. The van der Waals surface area contributed by atoms with E-state index in [-0.39, 0.29) is 13.0 Å². The van der Waals surface area contributed by atoms with Crippen LogP contribution in [0.3, 0.4) is 0 Å². The maximum atomic E-state index is 11.3. The molecule has 5 nitrogen and oxygen atoms in total. The Morgan fingerprint density at radius 1 is 1.00 bits per heavy atom. The molecule has 0 unspecified atom stereocenters. The van der Waals surface area contributed by atoms with Crippen molar-refractivity contribution in [2.24, 2.45) is 0 Å². The van der Waals surface area contributed by atoms with Gasteiger partial charge in [-0.2, -0.15) is 0 Å². The van der Waals surface area contributed by atoms with Gasteiger partial charge in [0.05, 0.1) is 13.7 Å². The Bertz CT molecular complexity index is 453. The van der Waals surface area contributed by atoms with E-state index in [1.165, 1.54) is 5.56 Å². The van der Waals surface area contributed by atoms with Gasteiger partial charge in [0.15, 0.2) is 0 Å². The summed E-state index contributed by atoms with van der Waals surface area (Å²) < 4.78 is 14.1. The Labute approximate surface area is 131 Å². The van der Waals surface area contributed by atoms with Gasteiger partial charge in [-0.15, -0.1) is 0 Å². The first-order valence-electron chi connectivity index (χ1n) is 7.66. The molecule has 0 aliphatic carbocycles. The van der Waals surface area contributed by atoms with Crippen molar-refractivity contribution in [2.45, 2.75) is 45.4 Å². The van der Waals surface area contributed by atoms with Gasteiger partial charge in [0, 0.05) is 6.42 Å². The zero-order chi connectivity index (χ0) is 16.2. The molecule has 0 amide bonds. The van der Waals surface area contributed by atoms with Crippen LogP contribution in [0.15, 0.2) is 24.3 Å². The van der Waals surface area contributed by atoms with Crippen LogP contribution in [0.4, 0.5) is 4.79 Å². The van der Waals surface area contributed by atoms with Crippen LogP contribution in [0.5, 0.6) is 5.75 Å². The average Bonchev–Trinajstić information content (AvgIpc) is 2.51. The average molecular weight is 308 g/mol. The van der Waals surface area contributed by atoms with Gasteiger partial charge in [-0.05, 0) is 43.9 Å². The summed E-state index contributed by atoms with van der Waals surface area (Å²) in [6, 6.07) is 8.05. The fraction of sp³-hybridized carbons (Fsp3) is 0.529. The van der Waals surface area contributed by atoms with Crippen molar-refractivity contribution >= 4 is 12.1 Å². The van der Waals surface area contributed by atoms with Crippen LogP contribution in [0, 0.1) is 0 Å². The van der Waals surface area contributed by atoms with Gasteiger partial charge in [-0.1, -0.05) is 25.0 Å². The summed E-state index contributed by atoms with van der Waals surface area (Å²) in [6.45, 7) is 1.87. The second kappa shape index (κ2) is 10.7. The van der Waals surface area contributed by atoms with Crippen molar-refractivity contribution < 1.29 is 23.8 Å². The van der Waals surface area contributed by atoms with E-state index in [0.717, 1.165) is 37.9 Å². The van der Waals surface area contributed by atoms with E-state index in [1.807, 2.05) is 12.1 Å². The molecule has 0 N–H and O–H groups in total. The van der Waals surface area contributed by atoms with Crippen molar-refractivity contribution in [3.63, 3.8) is 0 Å². The van der Waals surface area contributed by atoms with Gasteiger partial charge in [-0.3, -0.25) is 4.79 Å². The Morgan fingerprint density at radius 3 is 2.32 bits per heavy atom. The molecule has 0 radical (unpaired) electrons. The highest BCUT2D eigenvalue weighted by atomic mass is 16.7. The molecule has 0 saturated carbocycles. The lowest BCUT2D eigenvalue weighted by Crippen LogP contribution is -2.13. The van der Waals surface area contributed by atoms with Crippen LogP contribution >= 0.6 is 0 Å². The lowest BCUT2D eigenvalue weighted by molar-refractivity contribution is -0.139. The topological polar surface area (TPSA) is 61.8 Å². The highest BCUT2D eigenvalue weighted by Gasteiger charge is 2.10. The van der Waals surface area contributed by atoms with Gasteiger partial charge >= 0.3 is 12.1 Å². The van der Waals surface area contributed by atoms with Crippen molar-refractivity contribution in [1.82, 2.24) is 0 Å². The minimum atomic E-state index is -0.910. The number of benzene rings is 1. The van der Waals surface area contributed by atoms with Gasteiger partial charge in [0.1, 0.15) is 5.75 Å². The zero-order valence-corrected chi connectivity index (χ0v) is 13.3. The fourth-order valence-electron chi connectivity index (χ4n) is 2.04. The number of ether oxygens (including phenoxy) is 3. The molecule has 0 heterocycles. The van der Waals surface area contributed by atoms with E-state index < -0.39 is 12.1 Å². The smallest absolute Gasteiger partial charge is 0.497 e. The first-order chi connectivity index (χ1) is 10.7. The molecule has 0 aliphatic rings. The van der Waals surface area contributed by atoms with Crippen LogP contribution in [-0.4, -0.2) is 25.8 Å². The SMILES string of the molecule is CCOC(=O)OC(=O)CCCCCCc1ccc(OC)cc1. The van der Waals surface area contributed by atoms with E-state index >= 15 is 0 Å². The second-order valence-electron chi connectivity index (χ2n) is 4.92. The number of methoxy groups -OCH3 is 1. The molecular formula is C17H24O5. The van der Waals surface area contributed by atoms with Gasteiger partial charge in [-0.25, -0.2) is 4.79 Å². The van der Waals surface area contributed by atoms with Crippen molar-refractivity contribution in [1.29, 1.82) is 0 Å². The predicted molar refractivity (Wildman–Crippen MR) is 82.9 cm³/mol. The molecule has 0 saturated heterocycles. The summed E-state index contributed by atoms with van der Waals surface area (Å²) in [5, 5.41) is 0. The van der Waals surface area contributed by atoms with Gasteiger partial charge in [0.2, 0.25) is 0 Å². The highest BCUT2D eigenvalue weighted by Crippen LogP contribution is 2.14. The molecule has 0 atom stereocenters. The molecule has 1 aromatic carbocycles. The minimum Gasteiger partial charge on any atom is -0.497 e. The summed E-state index contributed by atoms with van der Waals surface area (Å²) >= 11 is 0. The maximum absolute atomic E-state index is 11.3. The third-order valence-corrected chi connectivity index (χ3v) is 3.21. The van der Waals surface area contributed by atoms with Gasteiger partial charge in [0.25, 0.3) is 0 Å². The van der Waals surface area contributed by atoms with Crippen molar-refractivity contribution in [3.05, 3.63) is 29.8 Å². The number of rotatable bonds is 9. The predicted octanol–water partition coefficient (Wildman–Crippen LogP) is 3.89. The first kappa shape index (κ1) is 18.0. The number of carbonyl (C=O) groups is 2. The molecule has 122 valence electrons. The molecular weight excluding hydrogens is 284 g/mol. The van der Waals surface area contributed by atoms with E-state index in [9.17, 15) is 9.59 Å². The van der Waals surface area contributed by atoms with E-state index in [0.29, 0.717) is 0 Å². The molecule has 0 fully saturated rings. The third-order valence-electron chi connectivity index (χ3n) is 3.21. The lowest BCUT2D eigenvalue weighted by Gasteiger charge is -2.04. The number of hydrogen-bond acceptors (Lipinski definition) is 5. The Hall–Kier alpha value is -2.04. The zero-order valence-electron chi connectivity index (χ0n) is 13.3. The van der Waals surface area contributed by atoms with Crippen LogP contribution in [0.1, 0.15) is 44.6 Å². The Balaban J connectivity index is 2.05. The molecule has 22 heavy (non-hydrogen) atoms. The van der Waals surface area contributed by atoms with Crippen molar-refractivity contribution in [2.75, 3.05) is 13.7 Å². The number of unbranched alkanes of at least 4 members (excludes halogenated alkanes) is 3. The summed E-state index contributed by atoms with van der Waals surface area (Å²) in [5.74, 6) is 0.345. The lowest BCUT2D eigenvalue weighted by atomic mass is 10.1. The largest absolute Gasteiger partial charge is 0.516 e. The Morgan fingerprint density at radius 2 is 1.68 bits per heavy atom. The number of hydrogen-bond donors (Lipinski definition) is 0. The van der Waals surface area contributed by atoms with Crippen LogP contribution in [0.2, 0.25) is 0 Å². The molecule has 0 spiro atoms. The summed E-state index contributed by atoms with van der Waals surface area (Å²) in [6.07, 6.45) is 4.12.